The second-order valence-electron chi connectivity index (χ2n) is 9.23. The van der Waals surface area contributed by atoms with E-state index in [1.54, 1.807) is 38.4 Å². The van der Waals surface area contributed by atoms with Crippen LogP contribution in [0.5, 0.6) is 5.75 Å². The molecule has 4 rings (SSSR count). The number of ether oxygens (including phenoxy) is 1. The third kappa shape index (κ3) is 5.97. The number of hydrogen-bond acceptors (Lipinski definition) is 6. The van der Waals surface area contributed by atoms with Crippen LogP contribution < -0.4 is 10.1 Å². The van der Waals surface area contributed by atoms with E-state index in [0.29, 0.717) is 30.8 Å². The van der Waals surface area contributed by atoms with Crippen LogP contribution in [0.15, 0.2) is 66.7 Å². The molecule has 1 aliphatic rings. The van der Waals surface area contributed by atoms with Gasteiger partial charge in [-0.2, -0.15) is 10.5 Å². The average molecular weight is 512 g/mol. The summed E-state index contributed by atoms with van der Waals surface area (Å²) in [6.07, 6.45) is 0.188. The summed E-state index contributed by atoms with van der Waals surface area (Å²) in [7, 11) is 3.21. The molecule has 3 aromatic rings. The van der Waals surface area contributed by atoms with Crippen molar-refractivity contribution in [3.05, 3.63) is 100 Å². The Labute approximate surface area is 220 Å². The first-order valence-corrected chi connectivity index (χ1v) is 12.0. The van der Waals surface area contributed by atoms with Gasteiger partial charge in [0.05, 0.1) is 34.9 Å². The fraction of sp³-hybridized carbons (Fsp3) is 0.241. The van der Waals surface area contributed by atoms with Crippen LogP contribution in [0.2, 0.25) is 0 Å². The van der Waals surface area contributed by atoms with E-state index < -0.39 is 17.8 Å². The molecular weight excluding hydrogens is 485 g/mol. The Kier molecular flexibility index (Phi) is 8.00. The molecule has 9 heteroatoms. The third-order valence-corrected chi connectivity index (χ3v) is 6.38. The lowest BCUT2D eigenvalue weighted by atomic mass is 9.96. The van der Waals surface area contributed by atoms with Crippen LogP contribution in [0.4, 0.5) is 9.18 Å². The molecule has 8 nitrogen and oxygen atoms in total. The van der Waals surface area contributed by atoms with Crippen molar-refractivity contribution in [1.29, 1.82) is 10.5 Å². The minimum Gasteiger partial charge on any atom is -0.410 e. The number of amides is 2. The van der Waals surface area contributed by atoms with Gasteiger partial charge in [0.15, 0.2) is 0 Å². The van der Waals surface area contributed by atoms with Crippen molar-refractivity contribution in [1.82, 2.24) is 15.1 Å². The van der Waals surface area contributed by atoms with E-state index in [1.807, 2.05) is 30.3 Å². The number of halogens is 1. The molecule has 192 valence electrons. The van der Waals surface area contributed by atoms with Crippen LogP contribution >= 0.6 is 0 Å². The van der Waals surface area contributed by atoms with Crippen LogP contribution in [0.3, 0.4) is 0 Å². The van der Waals surface area contributed by atoms with Gasteiger partial charge in [0, 0.05) is 33.2 Å². The molecule has 1 N–H and O–H groups in total. The number of nitriles is 2. The molecular formula is C29H26FN5O3. The van der Waals surface area contributed by atoms with Gasteiger partial charge in [-0.05, 0) is 60.0 Å². The highest BCUT2D eigenvalue weighted by Crippen LogP contribution is 2.33. The zero-order valence-corrected chi connectivity index (χ0v) is 21.0. The zero-order valence-electron chi connectivity index (χ0n) is 21.0. The maximum absolute atomic E-state index is 14.3. The van der Waals surface area contributed by atoms with Crippen LogP contribution in [-0.4, -0.2) is 55.0 Å². The minimum atomic E-state index is -0.734. The molecule has 3 aromatic carbocycles. The number of nitrogens with zero attached hydrogens (tertiary/aromatic N) is 4. The van der Waals surface area contributed by atoms with Crippen molar-refractivity contribution in [2.75, 3.05) is 27.2 Å². The van der Waals surface area contributed by atoms with Gasteiger partial charge in [0.1, 0.15) is 11.6 Å². The largest absolute Gasteiger partial charge is 0.414 e. The molecule has 2 atom stereocenters. The van der Waals surface area contributed by atoms with Crippen LogP contribution in [-0.2, 0) is 0 Å². The molecule has 0 spiro atoms. The van der Waals surface area contributed by atoms with Crippen molar-refractivity contribution >= 4 is 12.0 Å². The third-order valence-electron chi connectivity index (χ3n) is 6.38. The highest BCUT2D eigenvalue weighted by Gasteiger charge is 2.31. The van der Waals surface area contributed by atoms with E-state index >= 15 is 0 Å². The van der Waals surface area contributed by atoms with E-state index in [0.717, 1.165) is 17.2 Å². The predicted octanol–water partition coefficient (Wildman–Crippen LogP) is 4.22. The van der Waals surface area contributed by atoms with Crippen LogP contribution in [0.25, 0.3) is 0 Å². The Bertz CT molecular complexity index is 1410. The fourth-order valence-electron chi connectivity index (χ4n) is 4.44. The maximum atomic E-state index is 14.3. The molecule has 0 bridgehead atoms. The van der Waals surface area contributed by atoms with E-state index in [1.165, 1.54) is 17.0 Å². The molecule has 1 heterocycles. The molecule has 2 amide bonds. The summed E-state index contributed by atoms with van der Waals surface area (Å²) >= 11 is 0. The van der Waals surface area contributed by atoms with E-state index in [9.17, 15) is 19.2 Å². The number of carbonyl (C=O) groups is 2. The first-order chi connectivity index (χ1) is 18.3. The second-order valence-corrected chi connectivity index (χ2v) is 9.23. The summed E-state index contributed by atoms with van der Waals surface area (Å²) in [4.78, 5) is 28.2. The van der Waals surface area contributed by atoms with Gasteiger partial charge in [-0.3, -0.25) is 9.69 Å². The quantitative estimate of drug-likeness (QED) is 0.531. The lowest BCUT2D eigenvalue weighted by Gasteiger charge is -2.29. The maximum Gasteiger partial charge on any atom is 0.414 e. The monoisotopic (exact) mass is 511 g/mol. The van der Waals surface area contributed by atoms with Crippen molar-refractivity contribution in [2.45, 2.75) is 18.5 Å². The molecule has 38 heavy (non-hydrogen) atoms. The predicted molar refractivity (Wildman–Crippen MR) is 138 cm³/mol. The van der Waals surface area contributed by atoms with E-state index in [-0.39, 0.29) is 23.2 Å². The molecule has 1 fully saturated rings. The van der Waals surface area contributed by atoms with Crippen LogP contribution in [0, 0.1) is 28.5 Å². The summed E-state index contributed by atoms with van der Waals surface area (Å²) in [5.74, 6) is -0.843. The first-order valence-electron chi connectivity index (χ1n) is 12.0. The number of rotatable bonds is 6. The van der Waals surface area contributed by atoms with Gasteiger partial charge >= 0.3 is 6.09 Å². The molecule has 0 radical (unpaired) electrons. The molecule has 0 saturated carbocycles. The van der Waals surface area contributed by atoms with Gasteiger partial charge in [-0.25, -0.2) is 9.18 Å². The van der Waals surface area contributed by atoms with Crippen molar-refractivity contribution in [3.63, 3.8) is 0 Å². The summed E-state index contributed by atoms with van der Waals surface area (Å²) in [5, 5.41) is 21.1. The number of benzene rings is 3. The summed E-state index contributed by atoms with van der Waals surface area (Å²) in [6.45, 7) is 1.19. The standard InChI is InChI=1S/C29H26FN5O3/c1-34(2)29(37)38-24-10-8-22(9-11-24)27(21-6-3-19(16-31)4-7-21)35-14-13-23(18-35)33-28(36)25-12-5-20(17-32)15-26(25)30/h3-12,15,23,27H,13-14,18H2,1-2H3,(H,33,36). The normalized spacial score (nSPS) is 15.7. The minimum absolute atomic E-state index is 0.103. The Morgan fingerprint density at radius 3 is 2.18 bits per heavy atom. The lowest BCUT2D eigenvalue weighted by Crippen LogP contribution is -2.38. The topological polar surface area (TPSA) is 109 Å². The Balaban J connectivity index is 1.54. The Hall–Kier alpha value is -4.73. The summed E-state index contributed by atoms with van der Waals surface area (Å²) in [6, 6.07) is 22.0. The molecule has 1 saturated heterocycles. The zero-order chi connectivity index (χ0) is 27.2. The summed E-state index contributed by atoms with van der Waals surface area (Å²) < 4.78 is 19.7. The SMILES string of the molecule is CN(C)C(=O)Oc1ccc(C(c2ccc(C#N)cc2)N2CCC(NC(=O)c3ccc(C#N)cc3F)C2)cc1. The first kappa shape index (κ1) is 26.3. The fourth-order valence-corrected chi connectivity index (χ4v) is 4.44. The van der Waals surface area contributed by atoms with Crippen molar-refractivity contribution in [3.8, 4) is 17.9 Å². The number of likely N-dealkylation sites (tertiary alicyclic amines) is 1. The highest BCUT2D eigenvalue weighted by molar-refractivity contribution is 5.94. The lowest BCUT2D eigenvalue weighted by molar-refractivity contribution is 0.0932. The second kappa shape index (κ2) is 11.5. The van der Waals surface area contributed by atoms with Gasteiger partial charge in [-0.15, -0.1) is 0 Å². The Morgan fingerprint density at radius 1 is 1.00 bits per heavy atom. The number of nitrogens with one attached hydrogen (secondary N) is 1. The molecule has 0 aliphatic carbocycles. The van der Waals surface area contributed by atoms with Gasteiger partial charge in [0.2, 0.25) is 0 Å². The van der Waals surface area contributed by atoms with E-state index in [2.05, 4.69) is 16.3 Å². The molecule has 1 aliphatic heterocycles. The molecule has 2 unspecified atom stereocenters. The van der Waals surface area contributed by atoms with Gasteiger partial charge < -0.3 is 15.0 Å². The summed E-state index contributed by atoms with van der Waals surface area (Å²) in [5.41, 5.74) is 2.51. The number of hydrogen-bond donors (Lipinski definition) is 1. The van der Waals surface area contributed by atoms with Crippen LogP contribution in [0.1, 0.15) is 45.1 Å². The van der Waals surface area contributed by atoms with Crippen molar-refractivity contribution < 1.29 is 18.7 Å². The number of carbonyl (C=O) groups excluding carboxylic acids is 2. The Morgan fingerprint density at radius 2 is 1.61 bits per heavy atom. The smallest absolute Gasteiger partial charge is 0.410 e. The molecule has 0 aromatic heterocycles. The average Bonchev–Trinajstić information content (AvgIpc) is 3.37. The van der Waals surface area contributed by atoms with Gasteiger partial charge in [0.25, 0.3) is 5.91 Å². The van der Waals surface area contributed by atoms with E-state index in [4.69, 9.17) is 10.00 Å². The van der Waals surface area contributed by atoms with Crippen molar-refractivity contribution in [2.24, 2.45) is 0 Å². The van der Waals surface area contributed by atoms with Gasteiger partial charge in [-0.1, -0.05) is 24.3 Å². The highest BCUT2D eigenvalue weighted by atomic mass is 19.1.